The van der Waals surface area contributed by atoms with Crippen LogP contribution < -0.4 is 0 Å². The van der Waals surface area contributed by atoms with Gasteiger partial charge in [0.15, 0.2) is 31.3 Å². The number of aliphatic hydroxyl groups is 12. The predicted octanol–water partition coefficient (Wildman–Crippen LogP) is -1.45. The van der Waals surface area contributed by atoms with Crippen molar-refractivity contribution in [3.63, 3.8) is 0 Å². The summed E-state index contributed by atoms with van der Waals surface area (Å²) >= 11 is 0. The Morgan fingerprint density at radius 3 is 1.88 bits per heavy atom. The van der Waals surface area contributed by atoms with Crippen molar-refractivity contribution in [3.05, 3.63) is 11.6 Å². The zero-order valence-corrected chi connectivity index (χ0v) is 46.9. The maximum absolute atomic E-state index is 15.4. The molecule has 0 radical (unpaired) electrons. The van der Waals surface area contributed by atoms with Crippen LogP contribution in [0.15, 0.2) is 11.6 Å². The van der Waals surface area contributed by atoms with Crippen molar-refractivity contribution in [1.29, 1.82) is 0 Å². The molecule has 5 aliphatic heterocycles. The van der Waals surface area contributed by atoms with E-state index in [0.717, 1.165) is 31.3 Å². The Labute approximate surface area is 465 Å². The standard InChI is InChI=1S/C56H88O24/c1-22-25-11-14-54(7)32(53(25,6)13-12-28(22)57)10-9-26-27-17-52(4,5)15-16-56(27,33(60)18-55(26,54)8)51(70)80-50-45(37(64)34(61)23(2)74-50)79-49-41(68)38(65)43(24(3)75-49)77-48-42(69)44(30(59)20-72-48)78-47-40(67)36(63)31(21-73-47)76-46-39(66)35(62)29(58)19-71-46/h9,22-25,27,29-50,58-69H,10-21H2,1-8H3/t22-,23+,24-,25-,27-,29-,30+,31-,32+,33+,34-,35-,36-,37-,38-,39+,40+,41+,42+,43-,44-,45+,46-,47-,48-,49-,50-,53-,54+,55+,56+/m0/s1. The van der Waals surface area contributed by atoms with Gasteiger partial charge in [-0.25, -0.2) is 0 Å². The quantitative estimate of drug-likeness (QED) is 0.0879. The number of aliphatic hydroxyl groups excluding tert-OH is 12. The molecule has 0 spiro atoms. The molecule has 0 amide bonds. The summed E-state index contributed by atoms with van der Waals surface area (Å²) in [4.78, 5) is 28.4. The van der Waals surface area contributed by atoms with Gasteiger partial charge in [0, 0.05) is 12.3 Å². The van der Waals surface area contributed by atoms with Crippen molar-refractivity contribution in [2.24, 2.45) is 50.7 Å². The van der Waals surface area contributed by atoms with Crippen LogP contribution in [0.1, 0.15) is 113 Å². The van der Waals surface area contributed by atoms with Crippen LogP contribution >= 0.6 is 0 Å². The first-order valence-electron chi connectivity index (χ1n) is 28.9. The fourth-order valence-electron chi connectivity index (χ4n) is 16.5. The van der Waals surface area contributed by atoms with Gasteiger partial charge >= 0.3 is 5.97 Å². The lowest BCUT2D eigenvalue weighted by Gasteiger charge is -2.70. The minimum atomic E-state index is -1.97. The fourth-order valence-corrected chi connectivity index (χ4v) is 16.5. The smallest absolute Gasteiger partial charge is 0.317 e. The fraction of sp³-hybridized carbons (Fsp3) is 0.929. The van der Waals surface area contributed by atoms with E-state index < -0.39 is 177 Å². The van der Waals surface area contributed by atoms with Crippen LogP contribution in [0.4, 0.5) is 0 Å². The van der Waals surface area contributed by atoms with Crippen molar-refractivity contribution >= 4 is 11.8 Å². The van der Waals surface area contributed by atoms with Crippen LogP contribution in [0.3, 0.4) is 0 Å². The molecule has 9 fully saturated rings. The zero-order valence-electron chi connectivity index (χ0n) is 46.9. The van der Waals surface area contributed by atoms with Gasteiger partial charge in [-0.2, -0.15) is 0 Å². The monoisotopic (exact) mass is 1140 g/mol. The second-order valence-electron chi connectivity index (χ2n) is 26.7. The van der Waals surface area contributed by atoms with Crippen molar-refractivity contribution in [1.82, 2.24) is 0 Å². The predicted molar refractivity (Wildman–Crippen MR) is 270 cm³/mol. The van der Waals surface area contributed by atoms with Crippen LogP contribution in [0, 0.1) is 50.7 Å². The summed E-state index contributed by atoms with van der Waals surface area (Å²) in [5.41, 5.74) is -1.34. The maximum atomic E-state index is 15.4. The Morgan fingerprint density at radius 2 is 1.16 bits per heavy atom. The molecule has 0 aromatic heterocycles. The first-order chi connectivity index (χ1) is 37.5. The third kappa shape index (κ3) is 10.1. The molecule has 5 aliphatic carbocycles. The van der Waals surface area contributed by atoms with Crippen molar-refractivity contribution in [2.45, 2.75) is 254 Å². The van der Waals surface area contributed by atoms with Gasteiger partial charge in [-0.15, -0.1) is 0 Å². The number of hydrogen-bond donors (Lipinski definition) is 12. The van der Waals surface area contributed by atoms with Crippen LogP contribution in [0.25, 0.3) is 0 Å². The van der Waals surface area contributed by atoms with Gasteiger partial charge < -0.3 is 109 Å². The third-order valence-corrected chi connectivity index (χ3v) is 21.7. The van der Waals surface area contributed by atoms with Gasteiger partial charge in [0.05, 0.1) is 38.1 Å². The number of carbonyl (C=O) groups excluding carboxylic acids is 2. The minimum Gasteiger partial charge on any atom is -0.432 e. The number of Topliss-reactive ketones (excluding diaryl/α,β-unsaturated/α-hetero) is 1. The second kappa shape index (κ2) is 22.4. The maximum Gasteiger partial charge on any atom is 0.317 e. The van der Waals surface area contributed by atoms with E-state index in [9.17, 15) is 66.1 Å². The average molecular weight is 1150 g/mol. The van der Waals surface area contributed by atoms with E-state index in [2.05, 4.69) is 47.6 Å². The topological polar surface area (TPSA) is 369 Å². The van der Waals surface area contributed by atoms with Gasteiger partial charge in [0.25, 0.3) is 0 Å². The molecule has 5 heterocycles. The van der Waals surface area contributed by atoms with E-state index in [4.69, 9.17) is 47.4 Å². The van der Waals surface area contributed by atoms with Crippen molar-refractivity contribution < 1.29 is 118 Å². The number of rotatable bonds is 10. The summed E-state index contributed by atoms with van der Waals surface area (Å²) in [7, 11) is 0. The van der Waals surface area contributed by atoms with E-state index >= 15 is 4.79 Å². The van der Waals surface area contributed by atoms with Crippen LogP contribution in [0.2, 0.25) is 0 Å². The number of ether oxygens (including phenoxy) is 10. The Hall–Kier alpha value is -1.96. The summed E-state index contributed by atoms with van der Waals surface area (Å²) in [6.07, 6.45) is -28.8. The normalized spacial score (nSPS) is 55.2. The Bertz CT molecular complexity index is 2270. The molecule has 80 heavy (non-hydrogen) atoms. The van der Waals surface area contributed by atoms with Crippen LogP contribution in [-0.2, 0) is 57.0 Å². The molecule has 10 rings (SSSR count). The Morgan fingerprint density at radius 1 is 0.575 bits per heavy atom. The van der Waals surface area contributed by atoms with Crippen LogP contribution in [-0.4, -0.2) is 234 Å². The van der Waals surface area contributed by atoms with Crippen molar-refractivity contribution in [2.75, 3.05) is 19.8 Å². The van der Waals surface area contributed by atoms with Crippen LogP contribution in [0.5, 0.6) is 0 Å². The van der Waals surface area contributed by atoms with Gasteiger partial charge in [0.2, 0.25) is 6.29 Å². The lowest BCUT2D eigenvalue weighted by molar-refractivity contribution is -0.380. The summed E-state index contributed by atoms with van der Waals surface area (Å²) < 4.78 is 58.3. The second-order valence-corrected chi connectivity index (χ2v) is 26.7. The van der Waals surface area contributed by atoms with Gasteiger partial charge in [-0.3, -0.25) is 9.59 Å². The molecule has 12 N–H and O–H groups in total. The molecule has 0 aromatic rings. The lowest BCUT2D eigenvalue weighted by Crippen LogP contribution is -2.68. The summed E-state index contributed by atoms with van der Waals surface area (Å²) in [6.45, 7) is 14.9. The third-order valence-electron chi connectivity index (χ3n) is 21.7. The number of carbonyl (C=O) groups is 2. The number of hydrogen-bond acceptors (Lipinski definition) is 24. The van der Waals surface area contributed by atoms with E-state index in [1.807, 2.05) is 0 Å². The van der Waals surface area contributed by atoms with E-state index in [0.29, 0.717) is 31.5 Å². The molecule has 456 valence electrons. The van der Waals surface area contributed by atoms with Gasteiger partial charge in [-0.1, -0.05) is 53.2 Å². The number of allylic oxidation sites excluding steroid dienone is 2. The molecule has 31 atom stereocenters. The first-order valence-corrected chi connectivity index (χ1v) is 28.9. The van der Waals surface area contributed by atoms with Gasteiger partial charge in [0.1, 0.15) is 96.7 Å². The van der Waals surface area contributed by atoms with Crippen molar-refractivity contribution in [3.8, 4) is 0 Å². The molecule has 0 unspecified atom stereocenters. The average Bonchev–Trinajstić information content (AvgIpc) is 3.58. The summed E-state index contributed by atoms with van der Waals surface area (Å²) in [6, 6.07) is 0. The summed E-state index contributed by atoms with van der Waals surface area (Å²) in [5, 5.41) is 133. The van der Waals surface area contributed by atoms with E-state index in [1.165, 1.54) is 13.8 Å². The molecule has 0 bridgehead atoms. The molecule has 24 heteroatoms. The largest absolute Gasteiger partial charge is 0.432 e. The molecular weight excluding hydrogens is 1060 g/mol. The minimum absolute atomic E-state index is 0.0144. The lowest BCUT2D eigenvalue weighted by atomic mass is 9.34. The zero-order chi connectivity index (χ0) is 58.1. The number of esters is 1. The first kappa shape index (κ1) is 61.1. The summed E-state index contributed by atoms with van der Waals surface area (Å²) in [5.74, 6) is -0.361. The Balaban J connectivity index is 0.813. The van der Waals surface area contributed by atoms with Gasteiger partial charge in [-0.05, 0) is 105 Å². The highest BCUT2D eigenvalue weighted by atomic mass is 16.8. The number of ketones is 1. The van der Waals surface area contributed by atoms with E-state index in [1.54, 1.807) is 0 Å². The molecule has 5 saturated heterocycles. The number of fused-ring (bicyclic) bond motifs is 7. The SMILES string of the molecule is C[C@@H]1O[C@@H](O[C@H]2[C@H](OC(=O)[C@]34CCC(C)(C)C[C@H]3C3=CC[C@@H]5[C@@]6(C)CCC(=O)[C@@H](C)[C@@H]6CC[C@@]5(C)[C@]3(C)C[C@H]4O)O[C@H](C)[C@H](O)[C@@H]2O)[C@H](O)[C@H](O)[C@H]1O[C@@H]1OC[C@@H](O)[C@H](O[C@@H]2OC[C@H](O[C@@H]3OC[C@H](O)[C@H](O)[C@H]3O)[C@H](O)[C@H]2O)[C@H]1O. The molecular formula is C56H88O24. The molecule has 0 aromatic carbocycles. The molecule has 4 saturated carbocycles. The Kier molecular flexibility index (Phi) is 17.1. The molecule has 24 nitrogen and oxygen atoms in total. The highest BCUT2D eigenvalue weighted by Gasteiger charge is 2.71. The highest BCUT2D eigenvalue weighted by molar-refractivity contribution is 5.82. The van der Waals surface area contributed by atoms with E-state index in [-0.39, 0.29) is 47.0 Å². The molecule has 10 aliphatic rings. The highest BCUT2D eigenvalue weighted by Crippen LogP contribution is 2.75.